The third-order valence-electron chi connectivity index (χ3n) is 3.12. The number of H-pyrrole nitrogens is 1. The number of carbonyl (C=O) groups excluding carboxylic acids is 2. The van der Waals surface area contributed by atoms with Crippen molar-refractivity contribution in [3.8, 4) is 11.3 Å². The van der Waals surface area contributed by atoms with E-state index in [1.54, 1.807) is 0 Å². The van der Waals surface area contributed by atoms with Gasteiger partial charge in [0.05, 0.1) is 0 Å². The minimum Gasteiger partial charge on any atom is -0.355 e. The van der Waals surface area contributed by atoms with E-state index in [2.05, 4.69) is 67.4 Å². The SMILES string of the molecule is Cc1cc(C)cc(-c2cc3ccccc3[nH]2)c1.O=CC=O. The number of benzene rings is 2. The average molecular weight is 279 g/mol. The van der Waals surface area contributed by atoms with Crippen molar-refractivity contribution < 1.29 is 9.59 Å². The Balaban J connectivity index is 0.000000361. The van der Waals surface area contributed by atoms with Gasteiger partial charge in [0.15, 0.2) is 12.6 Å². The summed E-state index contributed by atoms with van der Waals surface area (Å²) in [5.74, 6) is 0. The molecule has 3 rings (SSSR count). The zero-order valence-electron chi connectivity index (χ0n) is 12.1. The molecule has 0 saturated heterocycles. The zero-order valence-corrected chi connectivity index (χ0v) is 12.1. The first kappa shape index (κ1) is 14.7. The highest BCUT2D eigenvalue weighted by atomic mass is 16.2. The van der Waals surface area contributed by atoms with Crippen LogP contribution >= 0.6 is 0 Å². The van der Waals surface area contributed by atoms with Gasteiger partial charge in [-0.1, -0.05) is 35.4 Å². The van der Waals surface area contributed by atoms with Crippen LogP contribution in [-0.2, 0) is 9.59 Å². The van der Waals surface area contributed by atoms with Crippen LogP contribution in [0.15, 0.2) is 48.5 Å². The highest BCUT2D eigenvalue weighted by Crippen LogP contribution is 2.25. The Morgan fingerprint density at radius 2 is 1.48 bits per heavy atom. The predicted octanol–water partition coefficient (Wildman–Crippen LogP) is 3.84. The molecule has 0 aliphatic rings. The van der Waals surface area contributed by atoms with Gasteiger partial charge in [0, 0.05) is 16.6 Å². The molecule has 1 N–H and O–H groups in total. The van der Waals surface area contributed by atoms with Crippen LogP contribution < -0.4 is 0 Å². The maximum absolute atomic E-state index is 8.81. The Morgan fingerprint density at radius 1 is 0.857 bits per heavy atom. The lowest BCUT2D eigenvalue weighted by Gasteiger charge is -2.02. The zero-order chi connectivity index (χ0) is 15.2. The number of fused-ring (bicyclic) bond motifs is 1. The second-order valence-corrected chi connectivity index (χ2v) is 4.92. The molecule has 0 spiro atoms. The van der Waals surface area contributed by atoms with Gasteiger partial charge in [0.2, 0.25) is 0 Å². The number of hydrogen-bond acceptors (Lipinski definition) is 2. The second-order valence-electron chi connectivity index (χ2n) is 4.92. The molecule has 106 valence electrons. The number of aryl methyl sites for hydroxylation is 2. The van der Waals surface area contributed by atoms with Gasteiger partial charge in [0.25, 0.3) is 0 Å². The fourth-order valence-electron chi connectivity index (χ4n) is 2.36. The average Bonchev–Trinajstić information content (AvgIpc) is 2.90. The van der Waals surface area contributed by atoms with Crippen molar-refractivity contribution in [2.75, 3.05) is 0 Å². The maximum atomic E-state index is 8.81. The van der Waals surface area contributed by atoms with Gasteiger partial charge in [-0.3, -0.25) is 9.59 Å². The summed E-state index contributed by atoms with van der Waals surface area (Å²) in [6, 6.07) is 17.2. The van der Waals surface area contributed by atoms with E-state index in [0.29, 0.717) is 0 Å². The van der Waals surface area contributed by atoms with Crippen molar-refractivity contribution in [1.29, 1.82) is 0 Å². The standard InChI is InChI=1S/C16H15N.C2H2O2/c1-11-7-12(2)9-14(8-11)16-10-13-5-3-4-6-15(13)17-16;3-1-2-4/h3-10,17H,1-2H3;1-2H. The van der Waals surface area contributed by atoms with Crippen molar-refractivity contribution in [2.24, 2.45) is 0 Å². The number of aromatic nitrogens is 1. The number of para-hydroxylation sites is 1. The van der Waals surface area contributed by atoms with E-state index >= 15 is 0 Å². The Kier molecular flexibility index (Phi) is 4.67. The molecule has 0 radical (unpaired) electrons. The Bertz CT molecular complexity index is 712. The summed E-state index contributed by atoms with van der Waals surface area (Å²) in [7, 11) is 0. The van der Waals surface area contributed by atoms with Gasteiger partial charge < -0.3 is 4.98 Å². The molecular formula is C18H17NO2. The highest BCUT2D eigenvalue weighted by molar-refractivity contribution is 6.09. The molecule has 21 heavy (non-hydrogen) atoms. The largest absolute Gasteiger partial charge is 0.355 e. The van der Waals surface area contributed by atoms with Crippen LogP contribution in [0.5, 0.6) is 0 Å². The van der Waals surface area contributed by atoms with E-state index in [9.17, 15) is 0 Å². The van der Waals surface area contributed by atoms with Crippen LogP contribution in [0.1, 0.15) is 11.1 Å². The van der Waals surface area contributed by atoms with Gasteiger partial charge in [-0.15, -0.1) is 0 Å². The summed E-state index contributed by atoms with van der Waals surface area (Å²) in [6.07, 6.45) is 0.389. The van der Waals surface area contributed by atoms with Crippen molar-refractivity contribution in [2.45, 2.75) is 13.8 Å². The molecule has 3 heteroatoms. The summed E-state index contributed by atoms with van der Waals surface area (Å²) in [6.45, 7) is 4.28. The fraction of sp³-hybridized carbons (Fsp3) is 0.111. The summed E-state index contributed by atoms with van der Waals surface area (Å²) in [5, 5.41) is 1.27. The molecule has 2 aromatic carbocycles. The monoisotopic (exact) mass is 279 g/mol. The molecule has 0 unspecified atom stereocenters. The minimum absolute atomic E-state index is 0.194. The third-order valence-corrected chi connectivity index (χ3v) is 3.12. The van der Waals surface area contributed by atoms with E-state index in [1.165, 1.54) is 33.3 Å². The predicted molar refractivity (Wildman–Crippen MR) is 85.3 cm³/mol. The maximum Gasteiger partial charge on any atom is 0.182 e. The first-order chi connectivity index (χ1) is 10.1. The molecule has 1 heterocycles. The van der Waals surface area contributed by atoms with Gasteiger partial charge >= 0.3 is 0 Å². The highest BCUT2D eigenvalue weighted by Gasteiger charge is 2.03. The molecule has 0 amide bonds. The summed E-state index contributed by atoms with van der Waals surface area (Å²) < 4.78 is 0. The molecule has 1 aromatic heterocycles. The van der Waals surface area contributed by atoms with Gasteiger partial charge in [-0.2, -0.15) is 0 Å². The first-order valence-corrected chi connectivity index (χ1v) is 6.69. The quantitative estimate of drug-likeness (QED) is 0.572. The lowest BCUT2D eigenvalue weighted by molar-refractivity contribution is -0.122. The number of nitrogens with one attached hydrogen (secondary N) is 1. The third kappa shape index (κ3) is 3.66. The fourth-order valence-corrected chi connectivity index (χ4v) is 2.36. The van der Waals surface area contributed by atoms with Crippen LogP contribution in [0.4, 0.5) is 0 Å². The van der Waals surface area contributed by atoms with Crippen molar-refractivity contribution in [3.63, 3.8) is 0 Å². The number of aldehydes is 2. The van der Waals surface area contributed by atoms with Crippen LogP contribution in [0.2, 0.25) is 0 Å². The molecule has 0 saturated carbocycles. The Hall–Kier alpha value is -2.68. The molecule has 0 aliphatic heterocycles. The molecule has 0 fully saturated rings. The molecule has 0 atom stereocenters. The lowest BCUT2D eigenvalue weighted by atomic mass is 10.1. The van der Waals surface area contributed by atoms with Crippen molar-refractivity contribution >= 4 is 23.5 Å². The second kappa shape index (κ2) is 6.66. The molecule has 3 nitrogen and oxygen atoms in total. The number of rotatable bonds is 2. The normalized spacial score (nSPS) is 9.81. The van der Waals surface area contributed by atoms with Crippen molar-refractivity contribution in [1.82, 2.24) is 4.98 Å². The molecule has 0 aliphatic carbocycles. The molecular weight excluding hydrogens is 262 g/mol. The number of hydrogen-bond donors (Lipinski definition) is 1. The molecule has 3 aromatic rings. The van der Waals surface area contributed by atoms with E-state index in [4.69, 9.17) is 9.59 Å². The minimum atomic E-state index is 0.194. The smallest absolute Gasteiger partial charge is 0.182 e. The van der Waals surface area contributed by atoms with E-state index in [0.717, 1.165) is 0 Å². The summed E-state index contributed by atoms with van der Waals surface area (Å²) in [4.78, 5) is 21.1. The molecule has 0 bridgehead atoms. The topological polar surface area (TPSA) is 49.9 Å². The summed E-state index contributed by atoms with van der Waals surface area (Å²) >= 11 is 0. The van der Waals surface area contributed by atoms with Crippen LogP contribution in [-0.4, -0.2) is 17.6 Å². The Morgan fingerprint density at radius 3 is 2.05 bits per heavy atom. The number of aromatic amines is 1. The number of carbonyl (C=O) groups is 2. The van der Waals surface area contributed by atoms with Crippen LogP contribution in [0.3, 0.4) is 0 Å². The Labute approximate surface area is 123 Å². The lowest BCUT2D eigenvalue weighted by Crippen LogP contribution is -1.82. The van der Waals surface area contributed by atoms with Gasteiger partial charge in [0.1, 0.15) is 0 Å². The van der Waals surface area contributed by atoms with Gasteiger partial charge in [-0.05, 0) is 43.7 Å². The van der Waals surface area contributed by atoms with E-state index in [1.807, 2.05) is 0 Å². The van der Waals surface area contributed by atoms with Gasteiger partial charge in [-0.25, -0.2) is 0 Å². The van der Waals surface area contributed by atoms with Crippen LogP contribution in [0.25, 0.3) is 22.2 Å². The van der Waals surface area contributed by atoms with E-state index in [-0.39, 0.29) is 12.6 Å². The van der Waals surface area contributed by atoms with E-state index < -0.39 is 0 Å². The van der Waals surface area contributed by atoms with Crippen LogP contribution in [0, 0.1) is 13.8 Å². The van der Waals surface area contributed by atoms with Crippen molar-refractivity contribution in [3.05, 3.63) is 59.7 Å². The summed E-state index contributed by atoms with van der Waals surface area (Å²) in [5.41, 5.74) is 6.26. The first-order valence-electron chi connectivity index (χ1n) is 6.69.